The normalized spacial score (nSPS) is 10.1. The van der Waals surface area contributed by atoms with Gasteiger partial charge in [0.05, 0.1) is 6.07 Å². The van der Waals surface area contributed by atoms with Gasteiger partial charge in [-0.2, -0.15) is 5.26 Å². The lowest BCUT2D eigenvalue weighted by molar-refractivity contribution is 0.654. The standard InChI is InChI=1S/C14H20N2/c1-12-5-6-13(2)14(11-12)7-10-16-9-4-3-8-15/h5-6,11,16H,3-4,7,9-10H2,1-2H3. The fourth-order valence-corrected chi connectivity index (χ4v) is 1.71. The highest BCUT2D eigenvalue weighted by atomic mass is 14.8. The molecule has 0 heterocycles. The van der Waals surface area contributed by atoms with Crippen molar-refractivity contribution in [2.24, 2.45) is 0 Å². The van der Waals surface area contributed by atoms with Crippen LogP contribution in [-0.2, 0) is 6.42 Å². The van der Waals surface area contributed by atoms with Crippen molar-refractivity contribution in [3.8, 4) is 6.07 Å². The Hall–Kier alpha value is -1.33. The smallest absolute Gasteiger partial charge is 0.0622 e. The molecule has 2 heteroatoms. The molecule has 86 valence electrons. The van der Waals surface area contributed by atoms with E-state index in [1.807, 2.05) is 0 Å². The summed E-state index contributed by atoms with van der Waals surface area (Å²) in [6.07, 6.45) is 2.67. The van der Waals surface area contributed by atoms with Crippen molar-refractivity contribution in [3.05, 3.63) is 34.9 Å². The Bertz CT molecular complexity index is 363. The highest BCUT2D eigenvalue weighted by molar-refractivity contribution is 5.30. The van der Waals surface area contributed by atoms with E-state index in [2.05, 4.69) is 43.4 Å². The molecule has 2 nitrogen and oxygen atoms in total. The van der Waals surface area contributed by atoms with E-state index in [-0.39, 0.29) is 0 Å². The molecule has 1 N–H and O–H groups in total. The predicted molar refractivity (Wildman–Crippen MR) is 67.3 cm³/mol. The minimum Gasteiger partial charge on any atom is -0.316 e. The average Bonchev–Trinajstić information content (AvgIpc) is 2.28. The fourth-order valence-electron chi connectivity index (χ4n) is 1.71. The van der Waals surface area contributed by atoms with Crippen LogP contribution in [0, 0.1) is 25.2 Å². The summed E-state index contributed by atoms with van der Waals surface area (Å²) in [5.74, 6) is 0. The molecule has 0 spiro atoms. The second-order valence-corrected chi connectivity index (χ2v) is 4.19. The van der Waals surface area contributed by atoms with Crippen molar-refractivity contribution in [2.75, 3.05) is 13.1 Å². The van der Waals surface area contributed by atoms with E-state index in [1.165, 1.54) is 16.7 Å². The molecule has 16 heavy (non-hydrogen) atoms. The van der Waals surface area contributed by atoms with Crippen molar-refractivity contribution in [3.63, 3.8) is 0 Å². The first-order valence-electron chi connectivity index (χ1n) is 5.88. The van der Waals surface area contributed by atoms with Gasteiger partial charge in [0.15, 0.2) is 0 Å². The van der Waals surface area contributed by atoms with Crippen molar-refractivity contribution in [1.82, 2.24) is 5.32 Å². The third-order valence-corrected chi connectivity index (χ3v) is 2.72. The van der Waals surface area contributed by atoms with E-state index in [4.69, 9.17) is 5.26 Å². The molecule has 0 unspecified atom stereocenters. The van der Waals surface area contributed by atoms with Crippen LogP contribution in [0.1, 0.15) is 29.5 Å². The summed E-state index contributed by atoms with van der Waals surface area (Å²) in [6.45, 7) is 6.22. The molecule has 0 saturated carbocycles. The van der Waals surface area contributed by atoms with E-state index in [1.54, 1.807) is 0 Å². The molecule has 0 aliphatic rings. The fraction of sp³-hybridized carbons (Fsp3) is 0.500. The number of nitriles is 1. The van der Waals surface area contributed by atoms with E-state index >= 15 is 0 Å². The summed E-state index contributed by atoms with van der Waals surface area (Å²) in [4.78, 5) is 0. The van der Waals surface area contributed by atoms with Gasteiger partial charge in [0, 0.05) is 6.42 Å². The van der Waals surface area contributed by atoms with Crippen LogP contribution in [-0.4, -0.2) is 13.1 Å². The summed E-state index contributed by atoms with van der Waals surface area (Å²) in [7, 11) is 0. The number of rotatable bonds is 6. The Morgan fingerprint density at radius 2 is 2.06 bits per heavy atom. The molecule has 1 rings (SSSR count). The van der Waals surface area contributed by atoms with Crippen molar-refractivity contribution in [2.45, 2.75) is 33.1 Å². The second-order valence-electron chi connectivity index (χ2n) is 4.19. The maximum absolute atomic E-state index is 8.39. The molecule has 1 aromatic rings. The van der Waals surface area contributed by atoms with Crippen molar-refractivity contribution < 1.29 is 0 Å². The van der Waals surface area contributed by atoms with E-state index in [9.17, 15) is 0 Å². The first-order chi connectivity index (χ1) is 7.74. The van der Waals surface area contributed by atoms with Crippen LogP contribution in [0.25, 0.3) is 0 Å². The zero-order valence-corrected chi connectivity index (χ0v) is 10.2. The molecule has 0 aromatic heterocycles. The van der Waals surface area contributed by atoms with E-state index < -0.39 is 0 Å². The van der Waals surface area contributed by atoms with Gasteiger partial charge >= 0.3 is 0 Å². The van der Waals surface area contributed by atoms with Gasteiger partial charge < -0.3 is 5.32 Å². The van der Waals surface area contributed by atoms with Gasteiger partial charge in [-0.1, -0.05) is 23.8 Å². The molecular formula is C14H20N2. The molecule has 0 aliphatic carbocycles. The van der Waals surface area contributed by atoms with Crippen LogP contribution in [0.2, 0.25) is 0 Å². The molecule has 1 aromatic carbocycles. The topological polar surface area (TPSA) is 35.8 Å². The Kier molecular flexibility index (Phi) is 5.60. The lowest BCUT2D eigenvalue weighted by Crippen LogP contribution is -2.18. The van der Waals surface area contributed by atoms with Crippen LogP contribution in [0.4, 0.5) is 0 Å². The monoisotopic (exact) mass is 216 g/mol. The number of hydrogen-bond acceptors (Lipinski definition) is 2. The van der Waals surface area contributed by atoms with Gasteiger partial charge in [0.1, 0.15) is 0 Å². The largest absolute Gasteiger partial charge is 0.316 e. The van der Waals surface area contributed by atoms with Gasteiger partial charge in [-0.25, -0.2) is 0 Å². The first kappa shape index (κ1) is 12.7. The summed E-state index contributed by atoms with van der Waals surface area (Å²) in [5.41, 5.74) is 4.11. The van der Waals surface area contributed by atoms with Gasteiger partial charge in [0.25, 0.3) is 0 Å². The Labute approximate surface area is 98.3 Å². The summed E-state index contributed by atoms with van der Waals surface area (Å²) in [6, 6.07) is 8.74. The number of aryl methyl sites for hydroxylation is 2. The maximum Gasteiger partial charge on any atom is 0.0622 e. The average molecular weight is 216 g/mol. The minimum atomic E-state index is 0.649. The van der Waals surface area contributed by atoms with E-state index in [0.717, 1.165) is 25.9 Å². The third-order valence-electron chi connectivity index (χ3n) is 2.72. The van der Waals surface area contributed by atoms with E-state index in [0.29, 0.717) is 6.42 Å². The summed E-state index contributed by atoms with van der Waals surface area (Å²) < 4.78 is 0. The Morgan fingerprint density at radius 1 is 1.25 bits per heavy atom. The zero-order chi connectivity index (χ0) is 11.8. The molecule has 0 aliphatic heterocycles. The van der Waals surface area contributed by atoms with Crippen molar-refractivity contribution in [1.29, 1.82) is 5.26 Å². The van der Waals surface area contributed by atoms with Crippen LogP contribution in [0.15, 0.2) is 18.2 Å². The predicted octanol–water partition coefficient (Wildman–Crippen LogP) is 2.74. The molecule has 0 radical (unpaired) electrons. The molecule has 0 fully saturated rings. The number of hydrogen-bond donors (Lipinski definition) is 1. The van der Waals surface area contributed by atoms with Gasteiger partial charge in [-0.05, 0) is 50.9 Å². The molecular weight excluding hydrogens is 196 g/mol. The quantitative estimate of drug-likeness (QED) is 0.742. The first-order valence-corrected chi connectivity index (χ1v) is 5.88. The highest BCUT2D eigenvalue weighted by Crippen LogP contribution is 2.10. The lowest BCUT2D eigenvalue weighted by Gasteiger charge is -2.07. The van der Waals surface area contributed by atoms with Gasteiger partial charge in [0.2, 0.25) is 0 Å². The van der Waals surface area contributed by atoms with Gasteiger partial charge in [-0.3, -0.25) is 0 Å². The molecule has 0 atom stereocenters. The van der Waals surface area contributed by atoms with Gasteiger partial charge in [-0.15, -0.1) is 0 Å². The minimum absolute atomic E-state index is 0.649. The zero-order valence-electron chi connectivity index (χ0n) is 10.2. The SMILES string of the molecule is Cc1ccc(C)c(CCNCCCC#N)c1. The van der Waals surface area contributed by atoms with Crippen molar-refractivity contribution >= 4 is 0 Å². The van der Waals surface area contributed by atoms with Crippen LogP contribution < -0.4 is 5.32 Å². The van der Waals surface area contributed by atoms with Crippen LogP contribution in [0.5, 0.6) is 0 Å². The Morgan fingerprint density at radius 3 is 2.81 bits per heavy atom. The third kappa shape index (κ3) is 4.46. The number of unbranched alkanes of at least 4 members (excludes halogenated alkanes) is 1. The number of nitrogens with zero attached hydrogens (tertiary/aromatic N) is 1. The molecule has 0 saturated heterocycles. The van der Waals surface area contributed by atoms with Crippen LogP contribution in [0.3, 0.4) is 0 Å². The lowest BCUT2D eigenvalue weighted by atomic mass is 10.0. The molecule has 0 amide bonds. The van der Waals surface area contributed by atoms with Crippen LogP contribution >= 0.6 is 0 Å². The molecule has 0 bridgehead atoms. The summed E-state index contributed by atoms with van der Waals surface area (Å²) >= 11 is 0. The number of nitrogens with one attached hydrogen (secondary N) is 1. The summed E-state index contributed by atoms with van der Waals surface area (Å²) in [5, 5.41) is 11.8. The maximum atomic E-state index is 8.39. The number of benzene rings is 1. The Balaban J connectivity index is 2.27. The second kappa shape index (κ2) is 7.03. The highest BCUT2D eigenvalue weighted by Gasteiger charge is 1.98.